The van der Waals surface area contributed by atoms with Gasteiger partial charge in [-0.25, -0.2) is 0 Å². The highest BCUT2D eigenvalue weighted by Gasteiger charge is 2.26. The third-order valence-electron chi connectivity index (χ3n) is 6.36. The predicted octanol–water partition coefficient (Wildman–Crippen LogP) is 8.38. The normalized spacial score (nSPS) is 12.5. The number of hydrogen-bond acceptors (Lipinski definition) is 4. The zero-order valence-corrected chi connectivity index (χ0v) is 19.0. The number of para-hydroxylation sites is 2. The summed E-state index contributed by atoms with van der Waals surface area (Å²) in [6.45, 7) is 0. The molecule has 4 heteroatoms. The van der Waals surface area contributed by atoms with Crippen LogP contribution in [0.4, 0.5) is 17.1 Å². The molecule has 3 heterocycles. The van der Waals surface area contributed by atoms with Gasteiger partial charge in [0.1, 0.15) is 0 Å². The Hall–Kier alpha value is -4.15. The van der Waals surface area contributed by atoms with Crippen LogP contribution in [-0.4, -0.2) is 9.97 Å². The van der Waals surface area contributed by atoms with Gasteiger partial charge in [0, 0.05) is 33.0 Å². The predicted molar refractivity (Wildman–Crippen MR) is 141 cm³/mol. The highest BCUT2D eigenvalue weighted by Crippen LogP contribution is 2.52. The van der Waals surface area contributed by atoms with Gasteiger partial charge in [-0.2, -0.15) is 0 Å². The summed E-state index contributed by atoms with van der Waals surface area (Å²) in [5.74, 6) is 0. The first kappa shape index (κ1) is 19.3. The molecule has 6 aromatic rings. The standard InChI is InChI=1S/C30H19N3S/c1-2-8-20(9-3-1)21-16-18-31-29-22(21)14-15-23-24(17-19-32-30(23)29)33-25-10-4-6-12-27(25)34-28-13-7-5-11-26(28)33/h1-19H. The van der Waals surface area contributed by atoms with Crippen LogP contribution < -0.4 is 4.90 Å². The van der Waals surface area contributed by atoms with Crippen molar-refractivity contribution in [2.75, 3.05) is 4.90 Å². The Morgan fingerprint density at radius 3 is 1.82 bits per heavy atom. The van der Waals surface area contributed by atoms with Crippen LogP contribution in [0.5, 0.6) is 0 Å². The molecule has 0 unspecified atom stereocenters. The number of fused-ring (bicyclic) bond motifs is 5. The summed E-state index contributed by atoms with van der Waals surface area (Å²) in [5.41, 5.74) is 7.68. The molecule has 1 aliphatic rings. The van der Waals surface area contributed by atoms with Gasteiger partial charge >= 0.3 is 0 Å². The van der Waals surface area contributed by atoms with Crippen LogP contribution in [-0.2, 0) is 0 Å². The van der Waals surface area contributed by atoms with Crippen LogP contribution in [0.1, 0.15) is 0 Å². The summed E-state index contributed by atoms with van der Waals surface area (Å²) in [7, 11) is 0. The van der Waals surface area contributed by atoms with Crippen LogP contribution in [0.15, 0.2) is 125 Å². The Morgan fingerprint density at radius 2 is 1.09 bits per heavy atom. The molecule has 0 spiro atoms. The quantitative estimate of drug-likeness (QED) is 0.246. The molecule has 0 saturated heterocycles. The Kier molecular flexibility index (Phi) is 4.39. The summed E-state index contributed by atoms with van der Waals surface area (Å²) in [6.07, 6.45) is 3.79. The van der Waals surface area contributed by atoms with Gasteiger partial charge in [-0.05, 0) is 53.6 Å². The van der Waals surface area contributed by atoms with Crippen LogP contribution in [0.2, 0.25) is 0 Å². The molecular formula is C30H19N3S. The molecular weight excluding hydrogens is 434 g/mol. The third kappa shape index (κ3) is 2.93. The molecule has 3 nitrogen and oxygen atoms in total. The smallest absolute Gasteiger partial charge is 0.0985 e. The fourth-order valence-electron chi connectivity index (χ4n) is 4.84. The molecule has 4 aromatic carbocycles. The largest absolute Gasteiger partial charge is 0.307 e. The molecule has 2 aromatic heterocycles. The van der Waals surface area contributed by atoms with Crippen molar-refractivity contribution in [2.45, 2.75) is 9.79 Å². The number of nitrogens with zero attached hydrogens (tertiary/aromatic N) is 3. The molecule has 1 aliphatic heterocycles. The maximum Gasteiger partial charge on any atom is 0.0985 e. The van der Waals surface area contributed by atoms with Gasteiger partial charge in [-0.1, -0.05) is 72.4 Å². The minimum Gasteiger partial charge on any atom is -0.307 e. The Bertz CT molecular complexity index is 1650. The Balaban J connectivity index is 1.51. The zero-order chi connectivity index (χ0) is 22.5. The molecule has 0 amide bonds. The Labute approximate surface area is 201 Å². The summed E-state index contributed by atoms with van der Waals surface area (Å²) < 4.78 is 0. The van der Waals surface area contributed by atoms with Gasteiger partial charge in [0.25, 0.3) is 0 Å². The second-order valence-corrected chi connectivity index (χ2v) is 9.37. The summed E-state index contributed by atoms with van der Waals surface area (Å²) in [6, 6.07) is 36.2. The molecule has 0 aliphatic carbocycles. The molecule has 34 heavy (non-hydrogen) atoms. The van der Waals surface area contributed by atoms with Crippen molar-refractivity contribution in [2.24, 2.45) is 0 Å². The van der Waals surface area contributed by atoms with E-state index < -0.39 is 0 Å². The van der Waals surface area contributed by atoms with Crippen LogP contribution in [0.3, 0.4) is 0 Å². The number of anilines is 3. The highest BCUT2D eigenvalue weighted by atomic mass is 32.2. The van der Waals surface area contributed by atoms with Crippen molar-refractivity contribution in [3.63, 3.8) is 0 Å². The van der Waals surface area contributed by atoms with Gasteiger partial charge in [0.2, 0.25) is 0 Å². The van der Waals surface area contributed by atoms with E-state index in [0.29, 0.717) is 0 Å². The third-order valence-corrected chi connectivity index (χ3v) is 7.49. The molecule has 0 atom stereocenters. The lowest BCUT2D eigenvalue weighted by Gasteiger charge is -2.33. The van der Waals surface area contributed by atoms with Crippen molar-refractivity contribution in [3.05, 3.63) is 116 Å². The van der Waals surface area contributed by atoms with Gasteiger partial charge < -0.3 is 4.90 Å². The van der Waals surface area contributed by atoms with E-state index in [1.807, 2.05) is 30.2 Å². The zero-order valence-electron chi connectivity index (χ0n) is 18.2. The summed E-state index contributed by atoms with van der Waals surface area (Å²) >= 11 is 1.82. The first-order chi connectivity index (χ1) is 16.9. The van der Waals surface area contributed by atoms with E-state index in [9.17, 15) is 0 Å². The van der Waals surface area contributed by atoms with E-state index in [1.54, 1.807) is 0 Å². The number of aromatic nitrogens is 2. The van der Waals surface area contributed by atoms with E-state index in [-0.39, 0.29) is 0 Å². The first-order valence-corrected chi connectivity index (χ1v) is 12.1. The van der Waals surface area contributed by atoms with E-state index >= 15 is 0 Å². The SMILES string of the molecule is c1ccc(-c2ccnc3c2ccc2c(N4c5ccccc5Sc5ccccc54)ccnc23)cc1. The molecule has 7 rings (SSSR count). The lowest BCUT2D eigenvalue weighted by Crippen LogP contribution is -2.15. The fraction of sp³-hybridized carbons (Fsp3) is 0. The van der Waals surface area contributed by atoms with Crippen LogP contribution in [0.25, 0.3) is 32.9 Å². The average Bonchev–Trinajstić information content (AvgIpc) is 2.91. The Morgan fingerprint density at radius 1 is 0.500 bits per heavy atom. The molecule has 0 saturated carbocycles. The molecule has 160 valence electrons. The van der Waals surface area contributed by atoms with Gasteiger partial charge in [0.15, 0.2) is 0 Å². The maximum absolute atomic E-state index is 4.82. The van der Waals surface area contributed by atoms with Gasteiger partial charge in [-0.15, -0.1) is 0 Å². The van der Waals surface area contributed by atoms with E-state index in [0.717, 1.165) is 27.5 Å². The first-order valence-electron chi connectivity index (χ1n) is 11.3. The summed E-state index contributed by atoms with van der Waals surface area (Å²) in [5, 5.41) is 2.20. The molecule has 0 radical (unpaired) electrons. The van der Waals surface area contributed by atoms with E-state index in [2.05, 4.69) is 102 Å². The van der Waals surface area contributed by atoms with Crippen molar-refractivity contribution in [3.8, 4) is 11.1 Å². The number of hydrogen-bond donors (Lipinski definition) is 0. The molecule has 0 N–H and O–H groups in total. The van der Waals surface area contributed by atoms with Crippen molar-refractivity contribution in [1.82, 2.24) is 9.97 Å². The number of pyridine rings is 2. The molecule has 0 fully saturated rings. The van der Waals surface area contributed by atoms with Crippen LogP contribution >= 0.6 is 11.8 Å². The molecule has 0 bridgehead atoms. The monoisotopic (exact) mass is 453 g/mol. The fourth-order valence-corrected chi connectivity index (χ4v) is 5.90. The minimum atomic E-state index is 0.918. The topological polar surface area (TPSA) is 29.0 Å². The van der Waals surface area contributed by atoms with Crippen molar-refractivity contribution >= 4 is 50.6 Å². The number of benzene rings is 4. The van der Waals surface area contributed by atoms with Gasteiger partial charge in [-0.3, -0.25) is 9.97 Å². The number of rotatable bonds is 2. The average molecular weight is 454 g/mol. The van der Waals surface area contributed by atoms with E-state index in [1.165, 1.54) is 32.3 Å². The minimum absolute atomic E-state index is 0.918. The van der Waals surface area contributed by atoms with E-state index in [4.69, 9.17) is 9.97 Å². The maximum atomic E-state index is 4.82. The van der Waals surface area contributed by atoms with Crippen molar-refractivity contribution in [1.29, 1.82) is 0 Å². The highest BCUT2D eigenvalue weighted by molar-refractivity contribution is 7.99. The summed E-state index contributed by atoms with van der Waals surface area (Å²) in [4.78, 5) is 14.5. The van der Waals surface area contributed by atoms with Gasteiger partial charge in [0.05, 0.1) is 28.1 Å². The van der Waals surface area contributed by atoms with Crippen molar-refractivity contribution < 1.29 is 0 Å². The lowest BCUT2D eigenvalue weighted by atomic mass is 9.99. The second kappa shape index (κ2) is 7.72. The lowest BCUT2D eigenvalue weighted by molar-refractivity contribution is 1.17. The second-order valence-electron chi connectivity index (χ2n) is 8.29. The van der Waals surface area contributed by atoms with Crippen LogP contribution in [0, 0.1) is 0 Å².